The van der Waals surface area contributed by atoms with E-state index in [-0.39, 0.29) is 12.2 Å². The molecular formula is C33H30ClF3N2O5. The number of rotatable bonds is 12. The predicted molar refractivity (Wildman–Crippen MR) is 163 cm³/mol. The molecule has 0 aliphatic heterocycles. The molecular weight excluding hydrogens is 597 g/mol. The molecule has 0 saturated carbocycles. The van der Waals surface area contributed by atoms with Crippen molar-refractivity contribution in [1.82, 2.24) is 5.32 Å². The highest BCUT2D eigenvalue weighted by Gasteiger charge is 2.31. The number of alkyl halides is 3. The summed E-state index contributed by atoms with van der Waals surface area (Å²) in [6, 6.07) is 23.5. The zero-order chi connectivity index (χ0) is 31.9. The van der Waals surface area contributed by atoms with Gasteiger partial charge in [0.05, 0.1) is 18.0 Å². The summed E-state index contributed by atoms with van der Waals surface area (Å²) in [6.07, 6.45) is -5.11. The number of benzene rings is 4. The second kappa shape index (κ2) is 14.2. The summed E-state index contributed by atoms with van der Waals surface area (Å²) in [5.74, 6) is -1.08. The van der Waals surface area contributed by atoms with Crippen LogP contribution in [0.25, 0.3) is 11.1 Å². The van der Waals surface area contributed by atoms with E-state index in [1.807, 2.05) is 24.8 Å². The van der Waals surface area contributed by atoms with E-state index < -0.39 is 24.3 Å². The quantitative estimate of drug-likeness (QED) is 0.164. The zero-order valence-corrected chi connectivity index (χ0v) is 24.7. The number of nitrogens with one attached hydrogen (secondary N) is 1. The van der Waals surface area contributed by atoms with E-state index in [9.17, 15) is 27.9 Å². The van der Waals surface area contributed by atoms with Crippen LogP contribution in [-0.4, -0.2) is 36.4 Å². The Morgan fingerprint density at radius 2 is 1.52 bits per heavy atom. The summed E-state index contributed by atoms with van der Waals surface area (Å²) in [7, 11) is 0. The minimum atomic E-state index is -4.78. The maximum atomic E-state index is 13.4. The number of anilines is 1. The smallest absolute Gasteiger partial charge is 0.481 e. The number of nitrogens with zero attached hydrogens (tertiary/aromatic N) is 1. The van der Waals surface area contributed by atoms with Crippen molar-refractivity contribution in [3.05, 3.63) is 107 Å². The van der Waals surface area contributed by atoms with Gasteiger partial charge < -0.3 is 24.8 Å². The highest BCUT2D eigenvalue weighted by atomic mass is 35.5. The summed E-state index contributed by atoms with van der Waals surface area (Å²) in [5.41, 5.74) is 3.24. The maximum Gasteiger partial charge on any atom is 0.573 e. The van der Waals surface area contributed by atoms with Crippen LogP contribution in [0, 0.1) is 0 Å². The Balaban J connectivity index is 1.52. The van der Waals surface area contributed by atoms with Gasteiger partial charge in [0.1, 0.15) is 17.2 Å². The van der Waals surface area contributed by atoms with Gasteiger partial charge in [0, 0.05) is 23.8 Å². The minimum absolute atomic E-state index is 0.322. The molecule has 230 valence electrons. The largest absolute Gasteiger partial charge is 0.573 e. The molecule has 7 nitrogen and oxygen atoms in total. The van der Waals surface area contributed by atoms with Gasteiger partial charge in [-0.2, -0.15) is 0 Å². The van der Waals surface area contributed by atoms with Crippen LogP contribution in [-0.2, 0) is 4.79 Å². The SMILES string of the molecule is CCN(CC)c1ccc(Cl)cc1C(=O)NC(CC(=O)O)c1ccc(-c2cccc(Oc3ccc(OC(F)(F)F)cc3)c2)cc1. The number of carboxylic acids is 1. The van der Waals surface area contributed by atoms with Crippen molar-refractivity contribution in [1.29, 1.82) is 0 Å². The van der Waals surface area contributed by atoms with E-state index in [2.05, 4.69) is 10.1 Å². The molecule has 0 aromatic heterocycles. The number of halogens is 4. The average Bonchev–Trinajstić information content (AvgIpc) is 2.98. The number of amides is 1. The number of hydrogen-bond acceptors (Lipinski definition) is 5. The maximum absolute atomic E-state index is 13.4. The lowest BCUT2D eigenvalue weighted by molar-refractivity contribution is -0.274. The van der Waals surface area contributed by atoms with Crippen molar-refractivity contribution in [3.8, 4) is 28.4 Å². The lowest BCUT2D eigenvalue weighted by atomic mass is 9.98. The molecule has 11 heteroatoms. The summed E-state index contributed by atoms with van der Waals surface area (Å²) >= 11 is 6.21. The predicted octanol–water partition coefficient (Wildman–Crippen LogP) is 8.49. The molecule has 0 fully saturated rings. The highest BCUT2D eigenvalue weighted by Crippen LogP contribution is 2.31. The van der Waals surface area contributed by atoms with Gasteiger partial charge >= 0.3 is 12.3 Å². The highest BCUT2D eigenvalue weighted by molar-refractivity contribution is 6.31. The second-order valence-electron chi connectivity index (χ2n) is 9.73. The molecule has 0 bridgehead atoms. The summed E-state index contributed by atoms with van der Waals surface area (Å²) in [5, 5.41) is 12.8. The molecule has 2 N–H and O–H groups in total. The van der Waals surface area contributed by atoms with Crippen LogP contribution in [0.4, 0.5) is 18.9 Å². The average molecular weight is 627 g/mol. The standard InChI is InChI=1S/C33H30ClF3N2O5/c1-3-39(4-2)30-17-12-24(34)19-28(30)32(42)38-29(20-31(40)41)22-10-8-21(9-11-22)23-6-5-7-27(18-23)43-25-13-15-26(16-14-25)44-33(35,36)37/h5-19,29H,3-4,20H2,1-2H3,(H,38,42)(H,40,41). The Morgan fingerprint density at radius 3 is 2.14 bits per heavy atom. The second-order valence-corrected chi connectivity index (χ2v) is 10.2. The van der Waals surface area contributed by atoms with Gasteiger partial charge in [0.15, 0.2) is 0 Å². The first kappa shape index (κ1) is 32.2. The summed E-state index contributed by atoms with van der Waals surface area (Å²) < 4.78 is 47.0. The Kier molecular flexibility index (Phi) is 10.4. The van der Waals surface area contributed by atoms with Gasteiger partial charge in [0.2, 0.25) is 0 Å². The van der Waals surface area contributed by atoms with Crippen molar-refractivity contribution < 1.29 is 37.3 Å². The Hall–Kier alpha value is -4.70. The molecule has 0 aliphatic carbocycles. The van der Waals surface area contributed by atoms with Crippen LogP contribution in [0.3, 0.4) is 0 Å². The van der Waals surface area contributed by atoms with Crippen molar-refractivity contribution in [2.45, 2.75) is 32.7 Å². The van der Waals surface area contributed by atoms with E-state index in [0.29, 0.717) is 46.4 Å². The van der Waals surface area contributed by atoms with Crippen LogP contribution in [0.2, 0.25) is 5.02 Å². The molecule has 1 unspecified atom stereocenters. The fourth-order valence-corrected chi connectivity index (χ4v) is 4.86. The molecule has 1 atom stereocenters. The number of carboxylic acid groups (broad SMARTS) is 1. The van der Waals surface area contributed by atoms with Gasteiger partial charge in [-0.1, -0.05) is 48.0 Å². The van der Waals surface area contributed by atoms with E-state index in [1.54, 1.807) is 60.7 Å². The summed E-state index contributed by atoms with van der Waals surface area (Å²) in [4.78, 5) is 27.2. The van der Waals surface area contributed by atoms with Gasteiger partial charge in [-0.05, 0) is 85.1 Å². The minimum Gasteiger partial charge on any atom is -0.481 e. The van der Waals surface area contributed by atoms with Crippen molar-refractivity contribution in [3.63, 3.8) is 0 Å². The van der Waals surface area contributed by atoms with E-state index >= 15 is 0 Å². The van der Waals surface area contributed by atoms with E-state index in [0.717, 1.165) is 23.3 Å². The van der Waals surface area contributed by atoms with Crippen molar-refractivity contribution in [2.75, 3.05) is 18.0 Å². The number of ether oxygens (including phenoxy) is 2. The monoisotopic (exact) mass is 626 g/mol. The molecule has 0 aliphatic rings. The molecule has 0 heterocycles. The van der Waals surface area contributed by atoms with Gasteiger partial charge in [-0.15, -0.1) is 13.2 Å². The van der Waals surface area contributed by atoms with Crippen LogP contribution in [0.15, 0.2) is 91.0 Å². The Morgan fingerprint density at radius 1 is 0.864 bits per heavy atom. The van der Waals surface area contributed by atoms with Crippen LogP contribution < -0.4 is 19.7 Å². The van der Waals surface area contributed by atoms with E-state index in [1.165, 1.54) is 12.1 Å². The Bertz CT molecular complexity index is 1590. The van der Waals surface area contributed by atoms with Crippen LogP contribution >= 0.6 is 11.6 Å². The first-order valence-corrected chi connectivity index (χ1v) is 14.1. The summed E-state index contributed by atoms with van der Waals surface area (Å²) in [6.45, 7) is 5.30. The molecule has 0 spiro atoms. The van der Waals surface area contributed by atoms with Gasteiger partial charge in [0.25, 0.3) is 5.91 Å². The number of carbonyl (C=O) groups excluding carboxylic acids is 1. The van der Waals surface area contributed by atoms with Crippen molar-refractivity contribution in [2.24, 2.45) is 0 Å². The molecule has 44 heavy (non-hydrogen) atoms. The van der Waals surface area contributed by atoms with Crippen molar-refractivity contribution >= 4 is 29.2 Å². The van der Waals surface area contributed by atoms with Gasteiger partial charge in [-0.3, -0.25) is 9.59 Å². The fourth-order valence-electron chi connectivity index (χ4n) is 4.69. The topological polar surface area (TPSA) is 88.1 Å². The molecule has 0 saturated heterocycles. The number of aliphatic carboxylic acids is 1. The molecule has 4 aromatic carbocycles. The third kappa shape index (κ3) is 8.67. The lowest BCUT2D eigenvalue weighted by Gasteiger charge is -2.25. The third-order valence-corrected chi connectivity index (χ3v) is 7.00. The van der Waals surface area contributed by atoms with Crippen LogP contribution in [0.5, 0.6) is 17.2 Å². The molecule has 4 aromatic rings. The first-order chi connectivity index (χ1) is 21.0. The third-order valence-electron chi connectivity index (χ3n) is 6.76. The first-order valence-electron chi connectivity index (χ1n) is 13.8. The molecule has 4 rings (SSSR count). The lowest BCUT2D eigenvalue weighted by Crippen LogP contribution is -2.32. The normalized spacial score (nSPS) is 11.9. The number of carbonyl (C=O) groups is 2. The van der Waals surface area contributed by atoms with Gasteiger partial charge in [-0.25, -0.2) is 0 Å². The molecule has 1 amide bonds. The zero-order valence-electron chi connectivity index (χ0n) is 23.9. The Labute approximate surface area is 257 Å². The van der Waals surface area contributed by atoms with E-state index in [4.69, 9.17) is 16.3 Å². The van der Waals surface area contributed by atoms with Crippen LogP contribution in [0.1, 0.15) is 42.2 Å². The number of hydrogen-bond donors (Lipinski definition) is 2. The molecule has 0 radical (unpaired) electrons. The fraction of sp³-hybridized carbons (Fsp3) is 0.212.